The van der Waals surface area contributed by atoms with Gasteiger partial charge in [0.1, 0.15) is 0 Å². The zero-order valence-electron chi connectivity index (χ0n) is 11.6. The van der Waals surface area contributed by atoms with Gasteiger partial charge in [0.2, 0.25) is 0 Å². The third-order valence-corrected chi connectivity index (χ3v) is 2.91. The number of hydrogen-bond acceptors (Lipinski definition) is 2. The molecule has 3 amide bonds. The first-order valence-electron chi connectivity index (χ1n) is 6.38. The maximum atomic E-state index is 11.9. The second-order valence-corrected chi connectivity index (χ2v) is 4.66. The van der Waals surface area contributed by atoms with Crippen LogP contribution in [-0.4, -0.2) is 49.0 Å². The Hall–Kier alpha value is -2.50. The molecule has 106 valence electrons. The molecule has 0 saturated carbocycles. The fourth-order valence-electron chi connectivity index (χ4n) is 1.80. The first kappa shape index (κ1) is 13.9. The van der Waals surface area contributed by atoms with Crippen LogP contribution in [0.5, 0.6) is 0 Å². The Kier molecular flexibility index (Phi) is 4.24. The summed E-state index contributed by atoms with van der Waals surface area (Å²) in [6.07, 6.45) is 1.84. The molecule has 3 N–H and O–H groups in total. The Balaban J connectivity index is 1.84. The van der Waals surface area contributed by atoms with E-state index in [1.165, 1.54) is 4.90 Å². The highest BCUT2D eigenvalue weighted by Gasteiger charge is 2.07. The predicted octanol–water partition coefficient (Wildman–Crippen LogP) is 1.17. The minimum atomic E-state index is -0.173. The zero-order valence-corrected chi connectivity index (χ0v) is 11.6. The lowest BCUT2D eigenvalue weighted by Gasteiger charge is -2.12. The van der Waals surface area contributed by atoms with Gasteiger partial charge in [-0.3, -0.25) is 4.79 Å². The van der Waals surface area contributed by atoms with Gasteiger partial charge in [-0.2, -0.15) is 0 Å². The van der Waals surface area contributed by atoms with E-state index < -0.39 is 0 Å². The van der Waals surface area contributed by atoms with Gasteiger partial charge in [-0.25, -0.2) is 4.79 Å². The highest BCUT2D eigenvalue weighted by molar-refractivity contribution is 5.98. The standard InChI is InChI=1S/C14H18N4O2/c1-18(2)14(20)17-8-7-16-13(19)11-3-4-12-10(9-11)5-6-15-12/h3-6,9,15H,7-8H2,1-2H3,(H,16,19)(H,17,20). The number of carbonyl (C=O) groups is 2. The third kappa shape index (κ3) is 3.28. The van der Waals surface area contributed by atoms with Gasteiger partial charge in [0.15, 0.2) is 0 Å². The van der Waals surface area contributed by atoms with E-state index >= 15 is 0 Å². The van der Waals surface area contributed by atoms with E-state index in [-0.39, 0.29) is 11.9 Å². The fraction of sp³-hybridized carbons (Fsp3) is 0.286. The molecule has 6 nitrogen and oxygen atoms in total. The number of rotatable bonds is 4. The minimum absolute atomic E-state index is 0.146. The van der Waals surface area contributed by atoms with Gasteiger partial charge in [0.05, 0.1) is 0 Å². The molecule has 0 fully saturated rings. The van der Waals surface area contributed by atoms with E-state index in [1.807, 2.05) is 24.4 Å². The molecule has 0 aliphatic heterocycles. The smallest absolute Gasteiger partial charge is 0.316 e. The van der Waals surface area contributed by atoms with Crippen molar-refractivity contribution in [2.45, 2.75) is 0 Å². The van der Waals surface area contributed by atoms with Gasteiger partial charge < -0.3 is 20.5 Å². The molecule has 1 aromatic carbocycles. The maximum Gasteiger partial charge on any atom is 0.316 e. The lowest BCUT2D eigenvalue weighted by molar-refractivity contribution is 0.0954. The van der Waals surface area contributed by atoms with Crippen molar-refractivity contribution in [3.8, 4) is 0 Å². The lowest BCUT2D eigenvalue weighted by atomic mass is 10.1. The van der Waals surface area contributed by atoms with Gasteiger partial charge in [0, 0.05) is 49.8 Å². The van der Waals surface area contributed by atoms with Gasteiger partial charge in [-0.1, -0.05) is 0 Å². The number of nitrogens with one attached hydrogen (secondary N) is 3. The topological polar surface area (TPSA) is 77.2 Å². The molecule has 0 bridgehead atoms. The zero-order chi connectivity index (χ0) is 14.5. The summed E-state index contributed by atoms with van der Waals surface area (Å²) in [5, 5.41) is 6.45. The first-order chi connectivity index (χ1) is 9.58. The molecule has 0 atom stereocenters. The van der Waals surface area contributed by atoms with Gasteiger partial charge in [0.25, 0.3) is 5.91 Å². The van der Waals surface area contributed by atoms with Crippen molar-refractivity contribution in [2.24, 2.45) is 0 Å². The number of urea groups is 1. The number of hydrogen-bond donors (Lipinski definition) is 3. The molecule has 0 radical (unpaired) electrons. The molecule has 20 heavy (non-hydrogen) atoms. The maximum absolute atomic E-state index is 11.9. The SMILES string of the molecule is CN(C)C(=O)NCCNC(=O)c1ccc2[nH]ccc2c1. The van der Waals surface area contributed by atoms with E-state index in [0.29, 0.717) is 18.7 Å². The van der Waals surface area contributed by atoms with Crippen LogP contribution >= 0.6 is 0 Å². The molecule has 0 saturated heterocycles. The van der Waals surface area contributed by atoms with Crippen LogP contribution in [0.2, 0.25) is 0 Å². The average Bonchev–Trinajstić information content (AvgIpc) is 2.90. The van der Waals surface area contributed by atoms with Crippen molar-refractivity contribution in [1.29, 1.82) is 0 Å². The van der Waals surface area contributed by atoms with E-state index in [0.717, 1.165) is 10.9 Å². The Morgan fingerprint density at radius 2 is 1.90 bits per heavy atom. The minimum Gasteiger partial charge on any atom is -0.361 e. The van der Waals surface area contributed by atoms with Crippen molar-refractivity contribution < 1.29 is 9.59 Å². The largest absolute Gasteiger partial charge is 0.361 e. The van der Waals surface area contributed by atoms with E-state index in [9.17, 15) is 9.59 Å². The van der Waals surface area contributed by atoms with E-state index in [4.69, 9.17) is 0 Å². The van der Waals surface area contributed by atoms with Gasteiger partial charge in [-0.05, 0) is 24.3 Å². The van der Waals surface area contributed by atoms with Crippen LogP contribution in [0.3, 0.4) is 0 Å². The second-order valence-electron chi connectivity index (χ2n) is 4.66. The van der Waals surface area contributed by atoms with Gasteiger partial charge in [-0.15, -0.1) is 0 Å². The molecule has 2 aromatic rings. The summed E-state index contributed by atoms with van der Waals surface area (Å²) < 4.78 is 0. The first-order valence-corrected chi connectivity index (χ1v) is 6.38. The molecule has 0 unspecified atom stereocenters. The Bertz CT molecular complexity index is 618. The number of H-pyrrole nitrogens is 1. The van der Waals surface area contributed by atoms with Crippen molar-refractivity contribution in [1.82, 2.24) is 20.5 Å². The van der Waals surface area contributed by atoms with E-state index in [2.05, 4.69) is 15.6 Å². The summed E-state index contributed by atoms with van der Waals surface area (Å²) in [6.45, 7) is 0.790. The van der Waals surface area contributed by atoms with Crippen molar-refractivity contribution in [3.63, 3.8) is 0 Å². The molecule has 0 aliphatic rings. The molecule has 0 aliphatic carbocycles. The lowest BCUT2D eigenvalue weighted by Crippen LogP contribution is -2.39. The van der Waals surface area contributed by atoms with Crippen LogP contribution < -0.4 is 10.6 Å². The van der Waals surface area contributed by atoms with E-state index in [1.54, 1.807) is 20.2 Å². The second kappa shape index (κ2) is 6.10. The number of fused-ring (bicyclic) bond motifs is 1. The van der Waals surface area contributed by atoms with Crippen LogP contribution in [0.4, 0.5) is 4.79 Å². The molecule has 1 aromatic heterocycles. The molecule has 6 heteroatoms. The van der Waals surface area contributed by atoms with Crippen LogP contribution in [0, 0.1) is 0 Å². The average molecular weight is 274 g/mol. The predicted molar refractivity (Wildman–Crippen MR) is 77.7 cm³/mol. The number of amides is 3. The number of aromatic nitrogens is 1. The highest BCUT2D eigenvalue weighted by Crippen LogP contribution is 2.13. The van der Waals surface area contributed by atoms with Crippen molar-refractivity contribution in [2.75, 3.05) is 27.2 Å². The summed E-state index contributed by atoms with van der Waals surface area (Å²) >= 11 is 0. The Labute approximate surface area is 117 Å². The Morgan fingerprint density at radius 1 is 1.15 bits per heavy atom. The molecule has 0 spiro atoms. The Morgan fingerprint density at radius 3 is 2.65 bits per heavy atom. The molecule has 1 heterocycles. The molecule has 2 rings (SSSR count). The number of aromatic amines is 1. The third-order valence-electron chi connectivity index (χ3n) is 2.91. The fourth-order valence-corrected chi connectivity index (χ4v) is 1.80. The molecular formula is C14H18N4O2. The number of carbonyl (C=O) groups excluding carboxylic acids is 2. The number of benzene rings is 1. The summed E-state index contributed by atoms with van der Waals surface area (Å²) in [5.74, 6) is -0.146. The van der Waals surface area contributed by atoms with Crippen LogP contribution in [-0.2, 0) is 0 Å². The quantitative estimate of drug-likeness (QED) is 0.732. The normalized spacial score (nSPS) is 10.3. The summed E-state index contributed by atoms with van der Waals surface area (Å²) in [6, 6.07) is 7.22. The van der Waals surface area contributed by atoms with Crippen LogP contribution in [0.25, 0.3) is 10.9 Å². The number of nitrogens with zero attached hydrogens (tertiary/aromatic N) is 1. The highest BCUT2D eigenvalue weighted by atomic mass is 16.2. The molecular weight excluding hydrogens is 256 g/mol. The summed E-state index contributed by atoms with van der Waals surface area (Å²) in [5.41, 5.74) is 1.61. The van der Waals surface area contributed by atoms with Crippen LogP contribution in [0.1, 0.15) is 10.4 Å². The van der Waals surface area contributed by atoms with Crippen molar-refractivity contribution in [3.05, 3.63) is 36.0 Å². The summed E-state index contributed by atoms with van der Waals surface area (Å²) in [7, 11) is 3.33. The van der Waals surface area contributed by atoms with Gasteiger partial charge >= 0.3 is 6.03 Å². The van der Waals surface area contributed by atoms with Crippen LogP contribution in [0.15, 0.2) is 30.5 Å². The summed E-state index contributed by atoms with van der Waals surface area (Å²) in [4.78, 5) is 27.7. The van der Waals surface area contributed by atoms with Crippen molar-refractivity contribution >= 4 is 22.8 Å². The monoisotopic (exact) mass is 274 g/mol.